The van der Waals surface area contributed by atoms with Gasteiger partial charge in [0.15, 0.2) is 0 Å². The second-order valence-corrected chi connectivity index (χ2v) is 5.87. The number of hydrogen-bond acceptors (Lipinski definition) is 0. The van der Waals surface area contributed by atoms with Crippen molar-refractivity contribution in [2.45, 2.75) is 31.6 Å². The summed E-state index contributed by atoms with van der Waals surface area (Å²) in [6.45, 7) is 2.08. The van der Waals surface area contributed by atoms with E-state index in [1.165, 1.54) is 18.4 Å². The summed E-state index contributed by atoms with van der Waals surface area (Å²) in [4.78, 5) is 0. The van der Waals surface area contributed by atoms with E-state index >= 15 is 0 Å². The van der Waals surface area contributed by atoms with Crippen molar-refractivity contribution in [3.8, 4) is 0 Å². The second-order valence-electron chi connectivity index (χ2n) is 4.40. The average molecular weight is 264 g/mol. The van der Waals surface area contributed by atoms with Gasteiger partial charge in [-0.15, -0.1) is 11.6 Å². The molecule has 0 N–H and O–H groups in total. The van der Waals surface area contributed by atoms with Crippen LogP contribution in [0.3, 0.4) is 0 Å². The highest BCUT2D eigenvalue weighted by molar-refractivity contribution is 6.42. The lowest BCUT2D eigenvalue weighted by atomic mass is 9.94. The van der Waals surface area contributed by atoms with Gasteiger partial charge in [0, 0.05) is 5.38 Å². The third-order valence-electron chi connectivity index (χ3n) is 3.28. The molecule has 0 bridgehead atoms. The quantitative estimate of drug-likeness (QED) is 0.677. The predicted octanol–water partition coefficient (Wildman–Crippen LogP) is 4.94. The highest BCUT2D eigenvalue weighted by Crippen LogP contribution is 2.53. The maximum atomic E-state index is 6.19. The van der Waals surface area contributed by atoms with E-state index in [9.17, 15) is 0 Å². The number of halogens is 3. The lowest BCUT2D eigenvalue weighted by Gasteiger charge is -2.17. The first kappa shape index (κ1) is 11.6. The summed E-state index contributed by atoms with van der Waals surface area (Å²) in [5.74, 6) is 0. The minimum absolute atomic E-state index is 0.229. The molecule has 3 heteroatoms. The molecule has 0 saturated heterocycles. The van der Waals surface area contributed by atoms with Gasteiger partial charge in [-0.2, -0.15) is 0 Å². The maximum absolute atomic E-state index is 6.19. The van der Waals surface area contributed by atoms with Gasteiger partial charge in [0.2, 0.25) is 0 Å². The second kappa shape index (κ2) is 4.16. The fourth-order valence-electron chi connectivity index (χ4n) is 1.93. The van der Waals surface area contributed by atoms with Gasteiger partial charge >= 0.3 is 0 Å². The Bertz CT molecular complexity index is 367. The Balaban J connectivity index is 2.15. The molecular weight excluding hydrogens is 250 g/mol. The number of alkyl halides is 1. The zero-order chi connectivity index (χ0) is 11.1. The third-order valence-corrected chi connectivity index (χ3v) is 4.48. The predicted molar refractivity (Wildman–Crippen MR) is 67.1 cm³/mol. The van der Waals surface area contributed by atoms with Crippen molar-refractivity contribution >= 4 is 34.8 Å². The molecule has 0 nitrogen and oxygen atoms in total. The van der Waals surface area contributed by atoms with Crippen molar-refractivity contribution in [2.24, 2.45) is 5.41 Å². The molecule has 1 aromatic carbocycles. The molecule has 0 spiro atoms. The molecule has 1 unspecified atom stereocenters. The average Bonchev–Trinajstić information content (AvgIpc) is 2.93. The Morgan fingerprint density at radius 1 is 1.27 bits per heavy atom. The van der Waals surface area contributed by atoms with Crippen LogP contribution in [0.25, 0.3) is 0 Å². The van der Waals surface area contributed by atoms with Crippen LogP contribution in [0.1, 0.15) is 25.3 Å². The van der Waals surface area contributed by atoms with E-state index in [2.05, 4.69) is 6.92 Å². The Kier molecular flexibility index (Phi) is 3.21. The van der Waals surface area contributed by atoms with Crippen molar-refractivity contribution in [1.82, 2.24) is 0 Å². The van der Waals surface area contributed by atoms with E-state index in [0.29, 0.717) is 15.5 Å². The topological polar surface area (TPSA) is 0 Å². The summed E-state index contributed by atoms with van der Waals surface area (Å²) in [6.07, 6.45) is 3.45. The first-order valence-corrected chi connectivity index (χ1v) is 6.31. The Morgan fingerprint density at radius 2 is 1.93 bits per heavy atom. The molecule has 1 atom stereocenters. The minimum atomic E-state index is 0.229. The monoisotopic (exact) mass is 262 g/mol. The fraction of sp³-hybridized carbons (Fsp3) is 0.500. The molecular formula is C12H13Cl3. The van der Waals surface area contributed by atoms with Crippen LogP contribution in [0.4, 0.5) is 0 Å². The molecule has 1 fully saturated rings. The van der Waals surface area contributed by atoms with Crippen molar-refractivity contribution in [3.05, 3.63) is 33.8 Å². The molecule has 0 amide bonds. The Morgan fingerprint density at radius 3 is 2.40 bits per heavy atom. The third kappa shape index (κ3) is 2.43. The van der Waals surface area contributed by atoms with E-state index in [0.717, 1.165) is 6.42 Å². The van der Waals surface area contributed by atoms with Gasteiger partial charge in [0.25, 0.3) is 0 Å². The minimum Gasteiger partial charge on any atom is -0.123 e. The molecule has 0 radical (unpaired) electrons. The summed E-state index contributed by atoms with van der Waals surface area (Å²) < 4.78 is 0. The van der Waals surface area contributed by atoms with Crippen molar-refractivity contribution in [1.29, 1.82) is 0 Å². The van der Waals surface area contributed by atoms with E-state index in [1.54, 1.807) is 0 Å². The SMILES string of the molecule is CC(Cl)C1(Cc2ccc(Cl)c(Cl)c2)CC1. The smallest absolute Gasteiger partial charge is 0.0595 e. The molecule has 2 rings (SSSR count). The van der Waals surface area contributed by atoms with Gasteiger partial charge in [-0.05, 0) is 49.3 Å². The first-order chi connectivity index (χ1) is 7.03. The lowest BCUT2D eigenvalue weighted by molar-refractivity contribution is 0.496. The molecule has 15 heavy (non-hydrogen) atoms. The van der Waals surface area contributed by atoms with Crippen LogP contribution >= 0.6 is 34.8 Å². The number of benzene rings is 1. The van der Waals surface area contributed by atoms with Crippen molar-refractivity contribution < 1.29 is 0 Å². The van der Waals surface area contributed by atoms with Crippen LogP contribution in [0, 0.1) is 5.41 Å². The Hall–Kier alpha value is 0.0900. The van der Waals surface area contributed by atoms with Gasteiger partial charge in [-0.25, -0.2) is 0 Å². The van der Waals surface area contributed by atoms with Gasteiger partial charge in [0.05, 0.1) is 10.0 Å². The zero-order valence-corrected chi connectivity index (χ0v) is 10.8. The molecule has 82 valence electrons. The van der Waals surface area contributed by atoms with Crippen molar-refractivity contribution in [2.75, 3.05) is 0 Å². The largest absolute Gasteiger partial charge is 0.123 e. The van der Waals surface area contributed by atoms with Crippen LogP contribution < -0.4 is 0 Å². The van der Waals surface area contributed by atoms with E-state index in [1.807, 2.05) is 18.2 Å². The molecule has 0 heterocycles. The first-order valence-electron chi connectivity index (χ1n) is 5.11. The van der Waals surface area contributed by atoms with Crippen LogP contribution in [-0.4, -0.2) is 5.38 Å². The van der Waals surface area contributed by atoms with Crippen LogP contribution in [-0.2, 0) is 6.42 Å². The summed E-state index contributed by atoms with van der Waals surface area (Å²) in [5, 5.41) is 1.48. The zero-order valence-electron chi connectivity index (χ0n) is 8.56. The normalized spacial score (nSPS) is 20.0. The van der Waals surface area contributed by atoms with Crippen LogP contribution in [0.15, 0.2) is 18.2 Å². The summed E-state index contributed by atoms with van der Waals surface area (Å²) in [5.41, 5.74) is 1.54. The number of hydrogen-bond donors (Lipinski definition) is 0. The van der Waals surface area contributed by atoms with Gasteiger partial charge in [-0.3, -0.25) is 0 Å². The highest BCUT2D eigenvalue weighted by atomic mass is 35.5. The van der Waals surface area contributed by atoms with E-state index in [4.69, 9.17) is 34.8 Å². The molecule has 0 aliphatic heterocycles. The van der Waals surface area contributed by atoms with E-state index < -0.39 is 0 Å². The van der Waals surface area contributed by atoms with Crippen LogP contribution in [0.2, 0.25) is 10.0 Å². The van der Waals surface area contributed by atoms with Crippen molar-refractivity contribution in [3.63, 3.8) is 0 Å². The van der Waals surface area contributed by atoms with Gasteiger partial charge in [-0.1, -0.05) is 29.3 Å². The number of rotatable bonds is 3. The molecule has 1 saturated carbocycles. The summed E-state index contributed by atoms with van der Waals surface area (Å²) >= 11 is 18.0. The van der Waals surface area contributed by atoms with Crippen LogP contribution in [0.5, 0.6) is 0 Å². The van der Waals surface area contributed by atoms with Gasteiger partial charge < -0.3 is 0 Å². The van der Waals surface area contributed by atoms with Gasteiger partial charge in [0.1, 0.15) is 0 Å². The molecule has 1 aliphatic carbocycles. The molecule has 1 aliphatic rings. The fourth-order valence-corrected chi connectivity index (χ4v) is 2.55. The summed E-state index contributed by atoms with van der Waals surface area (Å²) in [6, 6.07) is 5.84. The lowest BCUT2D eigenvalue weighted by Crippen LogP contribution is -2.15. The standard InChI is InChI=1S/C12H13Cl3/c1-8(13)12(4-5-12)7-9-2-3-10(14)11(15)6-9/h2-3,6,8H,4-5,7H2,1H3. The highest BCUT2D eigenvalue weighted by Gasteiger charge is 2.46. The summed E-state index contributed by atoms with van der Waals surface area (Å²) in [7, 11) is 0. The Labute approximate surface area is 106 Å². The molecule has 1 aromatic rings. The maximum Gasteiger partial charge on any atom is 0.0595 e. The molecule has 0 aromatic heterocycles. The van der Waals surface area contributed by atoms with E-state index in [-0.39, 0.29) is 5.38 Å².